The predicted octanol–water partition coefficient (Wildman–Crippen LogP) is -0.139. The summed E-state index contributed by atoms with van der Waals surface area (Å²) in [6.45, 7) is 0.644. The lowest BCUT2D eigenvalue weighted by atomic mass is 10.0. The molecule has 0 aliphatic carbocycles. The van der Waals surface area contributed by atoms with E-state index in [0.717, 1.165) is 5.56 Å². The molecular formula is C12H18N4O2. The number of hydrogen-bond acceptors (Lipinski definition) is 3. The van der Waals surface area contributed by atoms with Gasteiger partial charge in [0, 0.05) is 25.6 Å². The smallest absolute Gasteiger partial charge is 0.312 e. The van der Waals surface area contributed by atoms with Crippen LogP contribution >= 0.6 is 0 Å². The van der Waals surface area contributed by atoms with E-state index >= 15 is 0 Å². The van der Waals surface area contributed by atoms with Crippen molar-refractivity contribution in [2.75, 3.05) is 13.1 Å². The maximum absolute atomic E-state index is 11.5. The average Bonchev–Trinajstić information content (AvgIpc) is 2.35. The van der Waals surface area contributed by atoms with Gasteiger partial charge in [0.25, 0.3) is 0 Å². The van der Waals surface area contributed by atoms with Crippen LogP contribution in [0.2, 0.25) is 0 Å². The van der Waals surface area contributed by atoms with Crippen LogP contribution < -0.4 is 22.1 Å². The van der Waals surface area contributed by atoms with E-state index in [9.17, 15) is 9.59 Å². The molecular weight excluding hydrogens is 232 g/mol. The SMILES string of the molecule is NC(=O)NCCNC(=O)CC(N)c1ccccc1. The Bertz CT molecular complexity index is 394. The van der Waals surface area contributed by atoms with Crippen molar-refractivity contribution >= 4 is 11.9 Å². The number of primary amides is 1. The first kappa shape index (κ1) is 14.0. The largest absolute Gasteiger partial charge is 0.354 e. The van der Waals surface area contributed by atoms with Crippen molar-refractivity contribution in [2.45, 2.75) is 12.5 Å². The number of nitrogens with two attached hydrogens (primary N) is 2. The molecule has 6 N–H and O–H groups in total. The minimum absolute atomic E-state index is 0.155. The molecule has 1 aromatic rings. The van der Waals surface area contributed by atoms with E-state index in [2.05, 4.69) is 10.6 Å². The van der Waals surface area contributed by atoms with Crippen LogP contribution in [0.15, 0.2) is 30.3 Å². The Kier molecular flexibility index (Phi) is 5.66. The van der Waals surface area contributed by atoms with Crippen molar-refractivity contribution in [3.63, 3.8) is 0 Å². The molecule has 0 aliphatic rings. The van der Waals surface area contributed by atoms with E-state index < -0.39 is 6.03 Å². The van der Waals surface area contributed by atoms with Gasteiger partial charge in [0.1, 0.15) is 0 Å². The monoisotopic (exact) mass is 250 g/mol. The second-order valence-electron chi connectivity index (χ2n) is 3.86. The summed E-state index contributed by atoms with van der Waals surface area (Å²) in [5.41, 5.74) is 11.7. The Labute approximate surface area is 106 Å². The highest BCUT2D eigenvalue weighted by Crippen LogP contribution is 2.12. The summed E-state index contributed by atoms with van der Waals surface area (Å²) >= 11 is 0. The third-order valence-corrected chi connectivity index (χ3v) is 2.38. The maximum atomic E-state index is 11.5. The second kappa shape index (κ2) is 7.29. The number of carbonyl (C=O) groups excluding carboxylic acids is 2. The summed E-state index contributed by atoms with van der Waals surface area (Å²) in [5.74, 6) is -0.155. The molecule has 1 atom stereocenters. The van der Waals surface area contributed by atoms with Gasteiger partial charge in [-0.1, -0.05) is 30.3 Å². The van der Waals surface area contributed by atoms with Crippen molar-refractivity contribution in [2.24, 2.45) is 11.5 Å². The van der Waals surface area contributed by atoms with Crippen molar-refractivity contribution in [1.29, 1.82) is 0 Å². The van der Waals surface area contributed by atoms with Gasteiger partial charge in [-0.15, -0.1) is 0 Å². The molecule has 0 aliphatic heterocycles. The summed E-state index contributed by atoms with van der Waals surface area (Å²) in [6, 6.07) is 8.49. The highest BCUT2D eigenvalue weighted by atomic mass is 16.2. The van der Waals surface area contributed by atoms with Crippen LogP contribution in [0, 0.1) is 0 Å². The van der Waals surface area contributed by atoms with Crippen LogP contribution in [-0.4, -0.2) is 25.0 Å². The summed E-state index contributed by atoms with van der Waals surface area (Å²) in [4.78, 5) is 21.9. The molecule has 1 unspecified atom stereocenters. The highest BCUT2D eigenvalue weighted by molar-refractivity contribution is 5.77. The number of rotatable bonds is 6. The Morgan fingerprint density at radius 2 is 1.72 bits per heavy atom. The Morgan fingerprint density at radius 3 is 2.33 bits per heavy atom. The van der Waals surface area contributed by atoms with Gasteiger partial charge in [0.05, 0.1) is 0 Å². The maximum Gasteiger partial charge on any atom is 0.312 e. The van der Waals surface area contributed by atoms with Gasteiger partial charge in [-0.05, 0) is 5.56 Å². The van der Waals surface area contributed by atoms with Gasteiger partial charge in [-0.25, -0.2) is 4.79 Å². The number of hydrogen-bond donors (Lipinski definition) is 4. The summed E-state index contributed by atoms with van der Waals surface area (Å²) in [5, 5.41) is 5.03. The first-order valence-electron chi connectivity index (χ1n) is 5.70. The quantitative estimate of drug-likeness (QED) is 0.527. The van der Waals surface area contributed by atoms with E-state index in [1.165, 1.54) is 0 Å². The van der Waals surface area contributed by atoms with Gasteiger partial charge < -0.3 is 22.1 Å². The van der Waals surface area contributed by atoms with E-state index in [1.807, 2.05) is 30.3 Å². The van der Waals surface area contributed by atoms with Crippen molar-refractivity contribution in [1.82, 2.24) is 10.6 Å². The molecule has 0 spiro atoms. The Balaban J connectivity index is 2.26. The zero-order valence-corrected chi connectivity index (χ0v) is 10.1. The van der Waals surface area contributed by atoms with Crippen LogP contribution in [0.1, 0.15) is 18.0 Å². The minimum Gasteiger partial charge on any atom is -0.354 e. The fraction of sp³-hybridized carbons (Fsp3) is 0.333. The molecule has 18 heavy (non-hydrogen) atoms. The number of nitrogens with one attached hydrogen (secondary N) is 2. The van der Waals surface area contributed by atoms with E-state index in [-0.39, 0.29) is 18.4 Å². The van der Waals surface area contributed by atoms with Crippen LogP contribution in [-0.2, 0) is 4.79 Å². The molecule has 0 fully saturated rings. The highest BCUT2D eigenvalue weighted by Gasteiger charge is 2.10. The normalized spacial score (nSPS) is 11.6. The molecule has 0 radical (unpaired) electrons. The van der Waals surface area contributed by atoms with E-state index in [1.54, 1.807) is 0 Å². The van der Waals surface area contributed by atoms with Crippen LogP contribution in [0.5, 0.6) is 0 Å². The summed E-state index contributed by atoms with van der Waals surface area (Å²) < 4.78 is 0. The molecule has 0 aromatic heterocycles. The Hall–Kier alpha value is -2.08. The summed E-state index contributed by atoms with van der Waals surface area (Å²) in [7, 11) is 0. The third kappa shape index (κ3) is 5.31. The molecule has 3 amide bonds. The predicted molar refractivity (Wildman–Crippen MR) is 68.6 cm³/mol. The van der Waals surface area contributed by atoms with Gasteiger partial charge >= 0.3 is 6.03 Å². The first-order valence-corrected chi connectivity index (χ1v) is 5.70. The second-order valence-corrected chi connectivity index (χ2v) is 3.86. The van der Waals surface area contributed by atoms with Crippen molar-refractivity contribution in [3.05, 3.63) is 35.9 Å². The topological polar surface area (TPSA) is 110 Å². The third-order valence-electron chi connectivity index (χ3n) is 2.38. The zero-order valence-electron chi connectivity index (χ0n) is 10.1. The number of carbonyl (C=O) groups is 2. The van der Waals surface area contributed by atoms with E-state index in [0.29, 0.717) is 13.1 Å². The standard InChI is InChI=1S/C12H18N4O2/c13-10(9-4-2-1-3-5-9)8-11(17)15-6-7-16-12(14)18/h1-5,10H,6-8,13H2,(H,15,17)(H3,14,16,18). The van der Waals surface area contributed by atoms with Crippen molar-refractivity contribution in [3.8, 4) is 0 Å². The van der Waals surface area contributed by atoms with Crippen molar-refractivity contribution < 1.29 is 9.59 Å². The lowest BCUT2D eigenvalue weighted by Crippen LogP contribution is -2.37. The molecule has 0 heterocycles. The van der Waals surface area contributed by atoms with Crippen LogP contribution in [0.3, 0.4) is 0 Å². The molecule has 98 valence electrons. The fourth-order valence-electron chi connectivity index (χ4n) is 1.48. The van der Waals surface area contributed by atoms with E-state index in [4.69, 9.17) is 11.5 Å². The van der Waals surface area contributed by atoms with Gasteiger partial charge in [-0.3, -0.25) is 4.79 Å². The Morgan fingerprint density at radius 1 is 1.11 bits per heavy atom. The molecule has 6 nitrogen and oxygen atoms in total. The van der Waals surface area contributed by atoms with Gasteiger partial charge in [0.15, 0.2) is 0 Å². The molecule has 1 rings (SSSR count). The van der Waals surface area contributed by atoms with Crippen LogP contribution in [0.4, 0.5) is 4.79 Å². The van der Waals surface area contributed by atoms with Gasteiger partial charge in [-0.2, -0.15) is 0 Å². The molecule has 0 saturated heterocycles. The average molecular weight is 250 g/mol. The molecule has 6 heteroatoms. The molecule has 0 saturated carbocycles. The fourth-order valence-corrected chi connectivity index (χ4v) is 1.48. The summed E-state index contributed by atoms with van der Waals surface area (Å²) in [6.07, 6.45) is 0.209. The number of amides is 3. The number of urea groups is 1. The lowest BCUT2D eigenvalue weighted by molar-refractivity contribution is -0.121. The molecule has 0 bridgehead atoms. The zero-order chi connectivity index (χ0) is 13.4. The lowest BCUT2D eigenvalue weighted by Gasteiger charge is -2.12. The first-order chi connectivity index (χ1) is 8.59. The minimum atomic E-state index is -0.606. The molecule has 1 aromatic carbocycles. The van der Waals surface area contributed by atoms with Gasteiger partial charge in [0.2, 0.25) is 5.91 Å². The van der Waals surface area contributed by atoms with Crippen LogP contribution in [0.25, 0.3) is 0 Å². The number of benzene rings is 1.